The van der Waals surface area contributed by atoms with Crippen LogP contribution in [0.4, 0.5) is 5.82 Å². The number of nitriles is 1. The summed E-state index contributed by atoms with van der Waals surface area (Å²) < 4.78 is 0. The van der Waals surface area contributed by atoms with Gasteiger partial charge >= 0.3 is 0 Å². The highest BCUT2D eigenvalue weighted by atomic mass is 15.1. The first-order chi connectivity index (χ1) is 8.70. The molecule has 0 bridgehead atoms. The lowest BCUT2D eigenvalue weighted by molar-refractivity contribution is 0.633. The maximum atomic E-state index is 9.23. The van der Waals surface area contributed by atoms with Gasteiger partial charge in [-0.05, 0) is 44.9 Å². The van der Waals surface area contributed by atoms with E-state index in [-0.39, 0.29) is 0 Å². The Hall–Kier alpha value is -1.60. The van der Waals surface area contributed by atoms with Gasteiger partial charge in [-0.15, -0.1) is 0 Å². The number of nitrogens with one attached hydrogen (secondary N) is 2. The van der Waals surface area contributed by atoms with Crippen LogP contribution in [0.15, 0.2) is 6.07 Å². The Morgan fingerprint density at radius 2 is 2.28 bits per heavy atom. The van der Waals surface area contributed by atoms with Gasteiger partial charge in [0.15, 0.2) is 0 Å². The number of nitrogens with zero attached hydrogens (tertiary/aromatic N) is 2. The van der Waals surface area contributed by atoms with Gasteiger partial charge < -0.3 is 10.6 Å². The van der Waals surface area contributed by atoms with Gasteiger partial charge in [-0.2, -0.15) is 5.26 Å². The number of hydrogen-bond acceptors (Lipinski definition) is 4. The number of anilines is 1. The molecule has 1 aliphatic rings. The number of rotatable bonds is 2. The molecule has 96 valence electrons. The van der Waals surface area contributed by atoms with E-state index in [0.717, 1.165) is 36.6 Å². The Morgan fingerprint density at radius 3 is 3.06 bits per heavy atom. The van der Waals surface area contributed by atoms with E-state index in [4.69, 9.17) is 0 Å². The minimum absolute atomic E-state index is 0.369. The van der Waals surface area contributed by atoms with Crippen LogP contribution in [0.3, 0.4) is 0 Å². The lowest BCUT2D eigenvalue weighted by Gasteiger charge is -2.18. The summed E-state index contributed by atoms with van der Waals surface area (Å²) in [5.41, 5.74) is 2.62. The summed E-state index contributed by atoms with van der Waals surface area (Å²) >= 11 is 0. The standard InChI is InChI=1S/C14H20N4/c1-10-7-11(2)17-14(13(10)8-15)18-12-5-3-4-6-16-9-12/h7,12,16H,3-6,9H2,1-2H3,(H,17,18). The van der Waals surface area contributed by atoms with Crippen molar-refractivity contribution in [1.82, 2.24) is 10.3 Å². The van der Waals surface area contributed by atoms with Crippen molar-refractivity contribution in [1.29, 1.82) is 5.26 Å². The highest BCUT2D eigenvalue weighted by Gasteiger charge is 2.15. The predicted octanol–water partition coefficient (Wildman–Crippen LogP) is 2.12. The van der Waals surface area contributed by atoms with Crippen molar-refractivity contribution in [3.8, 4) is 6.07 Å². The van der Waals surface area contributed by atoms with Gasteiger partial charge in [0.1, 0.15) is 11.9 Å². The van der Waals surface area contributed by atoms with Crippen molar-refractivity contribution in [3.63, 3.8) is 0 Å². The summed E-state index contributed by atoms with van der Waals surface area (Å²) in [5, 5.41) is 16.1. The zero-order valence-corrected chi connectivity index (χ0v) is 11.1. The molecule has 1 aromatic heterocycles. The van der Waals surface area contributed by atoms with Crippen LogP contribution < -0.4 is 10.6 Å². The molecule has 1 saturated heterocycles. The molecule has 1 atom stereocenters. The van der Waals surface area contributed by atoms with E-state index in [0.29, 0.717) is 11.6 Å². The summed E-state index contributed by atoms with van der Waals surface area (Å²) in [5.74, 6) is 0.740. The molecule has 4 nitrogen and oxygen atoms in total. The molecule has 2 rings (SSSR count). The molecular formula is C14H20N4. The molecule has 1 unspecified atom stereocenters. The monoisotopic (exact) mass is 244 g/mol. The molecule has 2 heterocycles. The highest BCUT2D eigenvalue weighted by Crippen LogP contribution is 2.19. The molecule has 0 spiro atoms. The van der Waals surface area contributed by atoms with E-state index in [1.807, 2.05) is 19.9 Å². The van der Waals surface area contributed by atoms with Crippen LogP contribution in [0, 0.1) is 25.2 Å². The summed E-state index contributed by atoms with van der Waals surface area (Å²) in [7, 11) is 0. The van der Waals surface area contributed by atoms with E-state index in [1.54, 1.807) is 0 Å². The van der Waals surface area contributed by atoms with Crippen molar-refractivity contribution in [2.45, 2.75) is 39.2 Å². The van der Waals surface area contributed by atoms with Crippen LogP contribution in [-0.2, 0) is 0 Å². The van der Waals surface area contributed by atoms with E-state index < -0.39 is 0 Å². The van der Waals surface area contributed by atoms with Gasteiger partial charge in [0, 0.05) is 18.3 Å². The molecular weight excluding hydrogens is 224 g/mol. The zero-order valence-electron chi connectivity index (χ0n) is 11.1. The van der Waals surface area contributed by atoms with Gasteiger partial charge in [-0.1, -0.05) is 6.42 Å². The average molecular weight is 244 g/mol. The Balaban J connectivity index is 2.19. The van der Waals surface area contributed by atoms with E-state index in [9.17, 15) is 5.26 Å². The molecule has 1 aliphatic heterocycles. The van der Waals surface area contributed by atoms with Gasteiger partial charge in [0.05, 0.1) is 5.56 Å². The van der Waals surface area contributed by atoms with Gasteiger partial charge in [-0.3, -0.25) is 0 Å². The molecule has 0 amide bonds. The van der Waals surface area contributed by atoms with Crippen LogP contribution in [-0.4, -0.2) is 24.1 Å². The maximum absolute atomic E-state index is 9.23. The molecule has 0 saturated carbocycles. The number of aromatic nitrogens is 1. The Kier molecular flexibility index (Phi) is 4.16. The third kappa shape index (κ3) is 2.99. The first-order valence-corrected chi connectivity index (χ1v) is 6.56. The molecule has 1 aromatic rings. The Labute approximate surface area is 108 Å². The van der Waals surface area contributed by atoms with Crippen molar-refractivity contribution in [2.24, 2.45) is 0 Å². The van der Waals surface area contributed by atoms with Crippen molar-refractivity contribution >= 4 is 5.82 Å². The summed E-state index contributed by atoms with van der Waals surface area (Å²) in [4.78, 5) is 4.47. The molecule has 0 aromatic carbocycles. The molecule has 1 fully saturated rings. The summed E-state index contributed by atoms with van der Waals surface area (Å²) in [6.45, 7) is 5.96. The SMILES string of the molecule is Cc1cc(C)c(C#N)c(NC2CCCCNC2)n1. The van der Waals surface area contributed by atoms with Gasteiger partial charge in [0.25, 0.3) is 0 Å². The van der Waals surface area contributed by atoms with Crippen molar-refractivity contribution in [3.05, 3.63) is 22.9 Å². The van der Waals surface area contributed by atoms with Crippen molar-refractivity contribution in [2.75, 3.05) is 18.4 Å². The van der Waals surface area contributed by atoms with Gasteiger partial charge in [0.2, 0.25) is 0 Å². The summed E-state index contributed by atoms with van der Waals surface area (Å²) in [6.07, 6.45) is 3.58. The molecule has 0 aliphatic carbocycles. The minimum atomic E-state index is 0.369. The zero-order chi connectivity index (χ0) is 13.0. The average Bonchev–Trinajstić information content (AvgIpc) is 2.57. The smallest absolute Gasteiger partial charge is 0.144 e. The fourth-order valence-electron chi connectivity index (χ4n) is 2.42. The maximum Gasteiger partial charge on any atom is 0.144 e. The van der Waals surface area contributed by atoms with Crippen LogP contribution in [0.25, 0.3) is 0 Å². The van der Waals surface area contributed by atoms with E-state index in [2.05, 4.69) is 21.7 Å². The van der Waals surface area contributed by atoms with E-state index in [1.165, 1.54) is 12.8 Å². The fraction of sp³-hybridized carbons (Fsp3) is 0.571. The normalized spacial score (nSPS) is 19.9. The molecule has 2 N–H and O–H groups in total. The highest BCUT2D eigenvalue weighted by molar-refractivity contribution is 5.56. The van der Waals surface area contributed by atoms with Crippen LogP contribution in [0.1, 0.15) is 36.1 Å². The minimum Gasteiger partial charge on any atom is -0.365 e. The molecule has 4 heteroatoms. The van der Waals surface area contributed by atoms with Crippen molar-refractivity contribution < 1.29 is 0 Å². The second-order valence-corrected chi connectivity index (χ2v) is 4.96. The lowest BCUT2D eigenvalue weighted by Crippen LogP contribution is -2.31. The number of pyridine rings is 1. The first kappa shape index (κ1) is 12.8. The Morgan fingerprint density at radius 1 is 1.44 bits per heavy atom. The van der Waals surface area contributed by atoms with Crippen LogP contribution >= 0.6 is 0 Å². The topological polar surface area (TPSA) is 60.7 Å². The second kappa shape index (κ2) is 5.83. The third-order valence-electron chi connectivity index (χ3n) is 3.34. The third-order valence-corrected chi connectivity index (χ3v) is 3.34. The van der Waals surface area contributed by atoms with Gasteiger partial charge in [-0.25, -0.2) is 4.98 Å². The van der Waals surface area contributed by atoms with E-state index >= 15 is 0 Å². The largest absolute Gasteiger partial charge is 0.365 e. The predicted molar refractivity (Wildman–Crippen MR) is 72.6 cm³/mol. The summed E-state index contributed by atoms with van der Waals surface area (Å²) in [6, 6.07) is 4.57. The molecule has 18 heavy (non-hydrogen) atoms. The quantitative estimate of drug-likeness (QED) is 0.836. The number of aryl methyl sites for hydroxylation is 2. The Bertz CT molecular complexity index is 454. The number of hydrogen-bond donors (Lipinski definition) is 2. The second-order valence-electron chi connectivity index (χ2n) is 4.96. The van der Waals surface area contributed by atoms with Crippen LogP contribution in [0.5, 0.6) is 0 Å². The van der Waals surface area contributed by atoms with Crippen LogP contribution in [0.2, 0.25) is 0 Å². The fourth-order valence-corrected chi connectivity index (χ4v) is 2.42. The first-order valence-electron chi connectivity index (χ1n) is 6.56. The molecule has 0 radical (unpaired) electrons. The lowest BCUT2D eigenvalue weighted by atomic mass is 10.1.